The molecule has 136 valence electrons. The third kappa shape index (κ3) is 9.38. The largest absolute Gasteiger partial charge is 0.369 e. The lowest BCUT2D eigenvalue weighted by Crippen LogP contribution is -2.23. The van der Waals surface area contributed by atoms with Crippen molar-refractivity contribution in [2.75, 3.05) is 19.6 Å². The Morgan fingerprint density at radius 2 is 1.27 bits per heavy atom. The maximum atomic E-state index is 10.3. The molecule has 0 amide bonds. The van der Waals surface area contributed by atoms with Crippen molar-refractivity contribution in [2.24, 2.45) is 0 Å². The van der Waals surface area contributed by atoms with Gasteiger partial charge in [0.15, 0.2) is 0 Å². The maximum absolute atomic E-state index is 10.3. The molecule has 0 fully saturated rings. The minimum atomic E-state index is -5.20. The summed E-state index contributed by atoms with van der Waals surface area (Å²) < 4.78 is 20.5. The van der Waals surface area contributed by atoms with E-state index in [1.54, 1.807) is 0 Å². The van der Waals surface area contributed by atoms with E-state index in [1.807, 2.05) is 0 Å². The summed E-state index contributed by atoms with van der Waals surface area (Å²) >= 11 is 0. The van der Waals surface area contributed by atoms with Crippen LogP contribution in [0.2, 0.25) is 0 Å². The maximum Gasteiger partial charge on any atom is 0.369 e. The molecule has 0 aliphatic heterocycles. The zero-order valence-electron chi connectivity index (χ0n) is 13.8. The number of hydrogen-bond donors (Lipinski definition) is 5. The van der Waals surface area contributed by atoms with Gasteiger partial charge in [-0.3, -0.25) is 9.13 Å². The van der Waals surface area contributed by atoms with Crippen LogP contribution in [0.3, 0.4) is 0 Å². The first-order chi connectivity index (χ1) is 9.85. The molecule has 0 unspecified atom stereocenters. The van der Waals surface area contributed by atoms with Gasteiger partial charge in [-0.2, -0.15) is 0 Å². The highest BCUT2D eigenvalue weighted by atomic mass is 31.2. The second kappa shape index (κ2) is 10.9. The fraction of sp³-hybridized carbons (Fsp3) is 1.00. The van der Waals surface area contributed by atoms with E-state index in [0.717, 1.165) is 0 Å². The van der Waals surface area contributed by atoms with Gasteiger partial charge in [-0.1, -0.05) is 40.0 Å². The summed E-state index contributed by atoms with van der Waals surface area (Å²) in [5.74, 6) is 0. The fourth-order valence-electron chi connectivity index (χ4n) is 1.47. The Balaban J connectivity index is 0. The zero-order chi connectivity index (χ0) is 18.0. The van der Waals surface area contributed by atoms with Crippen LogP contribution >= 0.6 is 15.2 Å². The van der Waals surface area contributed by atoms with Gasteiger partial charge in [0.2, 0.25) is 0 Å². The summed E-state index contributed by atoms with van der Waals surface area (Å²) in [6.45, 7) is 10.8. The molecular weight excluding hydrogens is 332 g/mol. The standard InChI is InChI=1S/C10H23N.C2H8O7P2/c1-4-7-8-9-10-11(5-2)6-3;1-2(3,10(4,5)6)11(7,8)9/h4-10H2,1-3H3;3H,1H3,(H2,4,5,6)(H2,7,8,9). The average Bonchev–Trinajstić information content (AvgIpc) is 2.37. The van der Waals surface area contributed by atoms with E-state index in [4.69, 9.17) is 24.7 Å². The van der Waals surface area contributed by atoms with E-state index in [0.29, 0.717) is 6.92 Å². The molecule has 0 heterocycles. The Bertz CT molecular complexity index is 350. The van der Waals surface area contributed by atoms with Gasteiger partial charge in [-0.05, 0) is 33.0 Å². The van der Waals surface area contributed by atoms with Crippen molar-refractivity contribution in [3.05, 3.63) is 0 Å². The predicted octanol–water partition coefficient (Wildman–Crippen LogP) is 1.92. The summed E-state index contributed by atoms with van der Waals surface area (Å²) in [5, 5.41) is 5.37. The molecule has 0 aliphatic rings. The SMILES string of the molecule is CC(O)(P(=O)(O)O)P(=O)(O)O.CCCCCCN(CC)CC. The topological polar surface area (TPSA) is 139 Å². The summed E-state index contributed by atoms with van der Waals surface area (Å²) in [6.07, 6.45) is 5.54. The molecule has 0 radical (unpaired) electrons. The minimum absolute atomic E-state index is 0.383. The Kier molecular flexibility index (Phi) is 12.1. The second-order valence-corrected chi connectivity index (χ2v) is 9.42. The van der Waals surface area contributed by atoms with Crippen molar-refractivity contribution >= 4 is 15.2 Å². The smallest absolute Gasteiger partial charge is 0.368 e. The number of aliphatic hydroxyl groups is 1. The van der Waals surface area contributed by atoms with Crippen molar-refractivity contribution < 1.29 is 33.8 Å². The van der Waals surface area contributed by atoms with E-state index >= 15 is 0 Å². The van der Waals surface area contributed by atoms with Gasteiger partial charge in [-0.15, -0.1) is 0 Å². The van der Waals surface area contributed by atoms with Crippen LogP contribution < -0.4 is 0 Å². The summed E-state index contributed by atoms with van der Waals surface area (Å²) in [5.41, 5.74) is 0. The first kappa shape index (κ1) is 24.5. The van der Waals surface area contributed by atoms with Gasteiger partial charge in [0.1, 0.15) is 0 Å². The van der Waals surface area contributed by atoms with Crippen LogP contribution in [0, 0.1) is 0 Å². The van der Waals surface area contributed by atoms with Crippen LogP contribution in [0.4, 0.5) is 0 Å². The molecule has 0 saturated heterocycles. The fourth-order valence-corrected chi connectivity index (χ4v) is 2.83. The quantitative estimate of drug-likeness (QED) is 0.309. The summed E-state index contributed by atoms with van der Waals surface area (Å²) in [6, 6.07) is 0. The van der Waals surface area contributed by atoms with Crippen LogP contribution in [0.5, 0.6) is 0 Å². The number of rotatable bonds is 9. The molecule has 10 heteroatoms. The Hall–Kier alpha value is 0.220. The zero-order valence-corrected chi connectivity index (χ0v) is 15.6. The number of unbranched alkanes of at least 4 members (excludes halogenated alkanes) is 3. The highest BCUT2D eigenvalue weighted by Gasteiger charge is 2.55. The second-order valence-electron chi connectivity index (χ2n) is 5.15. The number of nitrogens with zero attached hydrogens (tertiary/aromatic N) is 1. The average molecular weight is 363 g/mol. The normalized spacial score (nSPS) is 13.0. The first-order valence-corrected chi connectivity index (χ1v) is 10.6. The lowest BCUT2D eigenvalue weighted by Gasteiger charge is -2.24. The van der Waals surface area contributed by atoms with E-state index in [-0.39, 0.29) is 0 Å². The van der Waals surface area contributed by atoms with Gasteiger partial charge in [0, 0.05) is 0 Å². The van der Waals surface area contributed by atoms with Crippen molar-refractivity contribution in [1.29, 1.82) is 0 Å². The first-order valence-electron chi connectivity index (χ1n) is 7.41. The third-order valence-electron chi connectivity index (χ3n) is 3.33. The molecule has 0 atom stereocenters. The van der Waals surface area contributed by atoms with Crippen molar-refractivity contribution in [3.63, 3.8) is 0 Å². The van der Waals surface area contributed by atoms with Crippen molar-refractivity contribution in [3.8, 4) is 0 Å². The molecule has 0 rings (SSSR count). The van der Waals surface area contributed by atoms with Gasteiger partial charge in [0.05, 0.1) is 0 Å². The van der Waals surface area contributed by atoms with Crippen LogP contribution in [-0.4, -0.2) is 54.3 Å². The van der Waals surface area contributed by atoms with E-state index < -0.39 is 20.3 Å². The van der Waals surface area contributed by atoms with Gasteiger partial charge in [0.25, 0.3) is 5.08 Å². The molecule has 0 saturated carbocycles. The van der Waals surface area contributed by atoms with Crippen molar-refractivity contribution in [1.82, 2.24) is 4.90 Å². The highest BCUT2D eigenvalue weighted by Crippen LogP contribution is 2.66. The highest BCUT2D eigenvalue weighted by molar-refractivity contribution is 7.71. The third-order valence-corrected chi connectivity index (χ3v) is 7.10. The Morgan fingerprint density at radius 3 is 1.50 bits per heavy atom. The van der Waals surface area contributed by atoms with Crippen LogP contribution in [-0.2, 0) is 9.13 Å². The molecule has 0 bridgehead atoms. The van der Waals surface area contributed by atoms with Crippen LogP contribution in [0.25, 0.3) is 0 Å². The van der Waals surface area contributed by atoms with Gasteiger partial charge < -0.3 is 29.6 Å². The molecule has 5 N–H and O–H groups in total. The lowest BCUT2D eigenvalue weighted by molar-refractivity contribution is 0.146. The molecule has 0 aromatic carbocycles. The van der Waals surface area contributed by atoms with E-state index in [2.05, 4.69) is 25.7 Å². The Morgan fingerprint density at radius 1 is 0.864 bits per heavy atom. The summed E-state index contributed by atoms with van der Waals surface area (Å²) in [7, 11) is -10.4. The molecule has 0 aromatic rings. The molecule has 8 nitrogen and oxygen atoms in total. The minimum Gasteiger partial charge on any atom is -0.368 e. The predicted molar refractivity (Wildman–Crippen MR) is 86.6 cm³/mol. The van der Waals surface area contributed by atoms with Gasteiger partial charge >= 0.3 is 15.2 Å². The molecular formula is C12H31NO7P2. The molecule has 22 heavy (non-hydrogen) atoms. The summed E-state index contributed by atoms with van der Waals surface area (Å²) in [4.78, 5) is 35.5. The monoisotopic (exact) mass is 363 g/mol. The van der Waals surface area contributed by atoms with Crippen LogP contribution in [0.1, 0.15) is 53.4 Å². The molecule has 0 aliphatic carbocycles. The van der Waals surface area contributed by atoms with E-state index in [1.165, 1.54) is 45.3 Å². The van der Waals surface area contributed by atoms with E-state index in [9.17, 15) is 9.13 Å². The Labute approximate surface area is 132 Å². The number of hydrogen-bond acceptors (Lipinski definition) is 4. The lowest BCUT2D eigenvalue weighted by atomic mass is 10.2. The van der Waals surface area contributed by atoms with Crippen LogP contribution in [0.15, 0.2) is 0 Å². The molecule has 0 spiro atoms. The van der Waals surface area contributed by atoms with Gasteiger partial charge in [-0.25, -0.2) is 0 Å². The van der Waals surface area contributed by atoms with Crippen molar-refractivity contribution in [2.45, 2.75) is 58.5 Å². The molecule has 0 aromatic heterocycles.